The number of halogens is 1. The molecule has 2 rings (SSSR count). The molecule has 1 aromatic heterocycles. The first-order chi connectivity index (χ1) is 13.5. The molecule has 0 bridgehead atoms. The Balaban J connectivity index is 2.29. The standard InChI is InChI=1S/C19H27ClN6O3/c1-10(2)8-19(22,16(27)15-14(20)11(3)25-26(15)4)18(29)24-13(9-21)7-12-5-6-23-17(12)28/h10,12-13H,5-8,22H2,1-4H3,(H,23,28)(H,24,29)/t12-,13-,19+/m0/s1. The van der Waals surface area contributed by atoms with Crippen LogP contribution in [0.15, 0.2) is 0 Å². The monoisotopic (exact) mass is 422 g/mol. The summed E-state index contributed by atoms with van der Waals surface area (Å²) in [6.45, 7) is 5.87. The molecule has 10 heteroatoms. The van der Waals surface area contributed by atoms with Gasteiger partial charge >= 0.3 is 0 Å². The van der Waals surface area contributed by atoms with Crippen LogP contribution in [0.3, 0.4) is 0 Å². The van der Waals surface area contributed by atoms with Crippen molar-refractivity contribution in [3.8, 4) is 6.07 Å². The summed E-state index contributed by atoms with van der Waals surface area (Å²) < 4.78 is 1.31. The molecule has 4 N–H and O–H groups in total. The number of amides is 2. The van der Waals surface area contributed by atoms with Crippen molar-refractivity contribution in [1.29, 1.82) is 5.26 Å². The molecule has 0 spiro atoms. The zero-order chi connectivity index (χ0) is 21.9. The van der Waals surface area contributed by atoms with Gasteiger partial charge in [0.05, 0.1) is 16.8 Å². The lowest BCUT2D eigenvalue weighted by atomic mass is 9.83. The van der Waals surface area contributed by atoms with Gasteiger partial charge in [-0.05, 0) is 32.1 Å². The fourth-order valence-corrected chi connectivity index (χ4v) is 3.85. The maximum atomic E-state index is 13.3. The van der Waals surface area contributed by atoms with Gasteiger partial charge in [0.2, 0.25) is 17.6 Å². The van der Waals surface area contributed by atoms with E-state index in [-0.39, 0.29) is 41.3 Å². The van der Waals surface area contributed by atoms with Crippen molar-refractivity contribution in [2.24, 2.45) is 24.6 Å². The molecule has 158 valence electrons. The van der Waals surface area contributed by atoms with Crippen molar-refractivity contribution in [3.05, 3.63) is 16.4 Å². The number of hydrogen-bond acceptors (Lipinski definition) is 6. The Morgan fingerprint density at radius 1 is 1.52 bits per heavy atom. The van der Waals surface area contributed by atoms with Crippen LogP contribution in [0.4, 0.5) is 0 Å². The van der Waals surface area contributed by atoms with Gasteiger partial charge in [0.1, 0.15) is 11.7 Å². The van der Waals surface area contributed by atoms with Crippen LogP contribution in [-0.4, -0.2) is 45.5 Å². The molecule has 3 atom stereocenters. The number of nitrogens with two attached hydrogens (primary N) is 1. The third-order valence-electron chi connectivity index (χ3n) is 5.05. The second-order valence-electron chi connectivity index (χ2n) is 7.94. The van der Waals surface area contributed by atoms with Gasteiger partial charge in [0.15, 0.2) is 5.54 Å². The highest BCUT2D eigenvalue weighted by molar-refractivity contribution is 6.35. The van der Waals surface area contributed by atoms with E-state index in [1.54, 1.807) is 14.0 Å². The summed E-state index contributed by atoms with van der Waals surface area (Å²) in [5.41, 5.74) is 4.93. The molecule has 1 saturated heterocycles. The van der Waals surface area contributed by atoms with Gasteiger partial charge in [-0.2, -0.15) is 10.4 Å². The number of Topliss-reactive ketones (excluding diaryl/α,β-unsaturated/α-hetero) is 1. The van der Waals surface area contributed by atoms with Crippen molar-refractivity contribution in [3.63, 3.8) is 0 Å². The van der Waals surface area contributed by atoms with Crippen LogP contribution >= 0.6 is 11.6 Å². The normalized spacial score (nSPS) is 19.4. The molecular formula is C19H27ClN6O3. The summed E-state index contributed by atoms with van der Waals surface area (Å²) in [6, 6.07) is 1.05. The van der Waals surface area contributed by atoms with Crippen LogP contribution in [-0.2, 0) is 16.6 Å². The Hall–Kier alpha value is -2.44. The summed E-state index contributed by atoms with van der Waals surface area (Å²) in [5.74, 6) is -2.01. The summed E-state index contributed by atoms with van der Waals surface area (Å²) in [7, 11) is 1.55. The first-order valence-corrected chi connectivity index (χ1v) is 9.90. The highest BCUT2D eigenvalue weighted by atomic mass is 35.5. The second kappa shape index (κ2) is 8.93. The number of nitriles is 1. The smallest absolute Gasteiger partial charge is 0.249 e. The Kier molecular flexibility index (Phi) is 7.03. The fraction of sp³-hybridized carbons (Fsp3) is 0.632. The van der Waals surface area contributed by atoms with Crippen LogP contribution in [0.2, 0.25) is 5.02 Å². The topological polar surface area (TPSA) is 143 Å². The van der Waals surface area contributed by atoms with Gasteiger partial charge in [0, 0.05) is 19.5 Å². The van der Waals surface area contributed by atoms with Gasteiger partial charge in [-0.15, -0.1) is 0 Å². The zero-order valence-electron chi connectivity index (χ0n) is 17.1. The number of aromatic nitrogens is 2. The van der Waals surface area contributed by atoms with E-state index >= 15 is 0 Å². The number of nitrogens with zero attached hydrogens (tertiary/aromatic N) is 3. The van der Waals surface area contributed by atoms with Crippen molar-refractivity contribution in [2.75, 3.05) is 6.54 Å². The number of carbonyl (C=O) groups excluding carboxylic acids is 3. The number of rotatable bonds is 8. The van der Waals surface area contributed by atoms with Crippen LogP contribution in [0, 0.1) is 30.1 Å². The highest BCUT2D eigenvalue weighted by Gasteiger charge is 2.46. The number of ketones is 1. The lowest BCUT2D eigenvalue weighted by Gasteiger charge is -2.29. The molecule has 0 aliphatic carbocycles. The van der Waals surface area contributed by atoms with Crippen molar-refractivity contribution < 1.29 is 14.4 Å². The maximum absolute atomic E-state index is 13.3. The van der Waals surface area contributed by atoms with Crippen LogP contribution in [0.25, 0.3) is 0 Å². The van der Waals surface area contributed by atoms with E-state index in [1.165, 1.54) is 4.68 Å². The van der Waals surface area contributed by atoms with E-state index in [1.807, 2.05) is 19.9 Å². The first kappa shape index (κ1) is 22.8. The number of nitrogens with one attached hydrogen (secondary N) is 2. The molecule has 29 heavy (non-hydrogen) atoms. The molecule has 1 fully saturated rings. The quantitative estimate of drug-likeness (QED) is 0.418. The van der Waals surface area contributed by atoms with E-state index in [4.69, 9.17) is 17.3 Å². The molecule has 0 aromatic carbocycles. The molecule has 0 saturated carbocycles. The summed E-state index contributed by atoms with van der Waals surface area (Å²) in [6.07, 6.45) is 0.807. The van der Waals surface area contributed by atoms with Crippen LogP contribution in [0.5, 0.6) is 0 Å². The van der Waals surface area contributed by atoms with Crippen LogP contribution < -0.4 is 16.4 Å². The SMILES string of the molecule is Cc1nn(C)c(C(=O)[C@](N)(CC(C)C)C(=O)N[C@H](C#N)C[C@@H]2CCNC2=O)c1Cl. The minimum atomic E-state index is -1.93. The molecule has 1 aromatic rings. The van der Waals surface area contributed by atoms with E-state index in [9.17, 15) is 19.6 Å². The summed E-state index contributed by atoms with van der Waals surface area (Å²) in [5, 5.41) is 19.0. The van der Waals surface area contributed by atoms with E-state index in [0.717, 1.165) is 0 Å². The third kappa shape index (κ3) is 4.77. The van der Waals surface area contributed by atoms with Gasteiger partial charge in [0.25, 0.3) is 0 Å². The molecule has 2 heterocycles. The maximum Gasteiger partial charge on any atom is 0.249 e. The van der Waals surface area contributed by atoms with Crippen molar-refractivity contribution in [1.82, 2.24) is 20.4 Å². The lowest BCUT2D eigenvalue weighted by Crippen LogP contribution is -2.62. The Morgan fingerprint density at radius 2 is 2.17 bits per heavy atom. The number of aryl methyl sites for hydroxylation is 2. The number of carbonyl (C=O) groups is 3. The average Bonchev–Trinajstić information content (AvgIpc) is 3.15. The molecular weight excluding hydrogens is 396 g/mol. The van der Waals surface area contributed by atoms with E-state index in [0.29, 0.717) is 18.7 Å². The molecule has 0 unspecified atom stereocenters. The highest BCUT2D eigenvalue weighted by Crippen LogP contribution is 2.27. The van der Waals surface area contributed by atoms with Crippen LogP contribution in [0.1, 0.15) is 49.3 Å². The molecule has 9 nitrogen and oxygen atoms in total. The predicted molar refractivity (Wildman–Crippen MR) is 107 cm³/mol. The summed E-state index contributed by atoms with van der Waals surface area (Å²) >= 11 is 6.23. The fourth-order valence-electron chi connectivity index (χ4n) is 3.61. The second-order valence-corrected chi connectivity index (χ2v) is 8.32. The van der Waals surface area contributed by atoms with E-state index < -0.39 is 23.3 Å². The van der Waals surface area contributed by atoms with Crippen molar-refractivity contribution in [2.45, 2.75) is 51.6 Å². The largest absolute Gasteiger partial charge is 0.356 e. The molecule has 2 amide bonds. The Labute approximate surface area is 174 Å². The molecule has 1 aliphatic heterocycles. The van der Waals surface area contributed by atoms with Gasteiger partial charge in [-0.25, -0.2) is 0 Å². The third-order valence-corrected chi connectivity index (χ3v) is 5.50. The van der Waals surface area contributed by atoms with Crippen molar-refractivity contribution >= 4 is 29.2 Å². The zero-order valence-corrected chi connectivity index (χ0v) is 17.8. The minimum absolute atomic E-state index is 0.0474. The summed E-state index contributed by atoms with van der Waals surface area (Å²) in [4.78, 5) is 38.2. The van der Waals surface area contributed by atoms with Gasteiger partial charge in [-0.3, -0.25) is 19.1 Å². The molecule has 1 aliphatic rings. The average molecular weight is 423 g/mol. The Morgan fingerprint density at radius 3 is 2.62 bits per heavy atom. The number of hydrogen-bond donors (Lipinski definition) is 3. The first-order valence-electron chi connectivity index (χ1n) is 9.52. The molecule has 0 radical (unpaired) electrons. The lowest BCUT2D eigenvalue weighted by molar-refractivity contribution is -0.127. The van der Waals surface area contributed by atoms with Gasteiger partial charge < -0.3 is 16.4 Å². The van der Waals surface area contributed by atoms with E-state index in [2.05, 4.69) is 15.7 Å². The Bertz CT molecular complexity index is 859. The minimum Gasteiger partial charge on any atom is -0.356 e. The van der Waals surface area contributed by atoms with Gasteiger partial charge in [-0.1, -0.05) is 25.4 Å². The predicted octanol–water partition coefficient (Wildman–Crippen LogP) is 0.843.